The first kappa shape index (κ1) is 15.0. The van der Waals surface area contributed by atoms with Crippen LogP contribution in [0.5, 0.6) is 0 Å². The molecule has 1 saturated carbocycles. The highest BCUT2D eigenvalue weighted by Gasteiger charge is 2.38. The number of benzene rings is 1. The average Bonchev–Trinajstić information content (AvgIpc) is 3.11. The lowest BCUT2D eigenvalue weighted by molar-refractivity contribution is -0.133. The van der Waals surface area contributed by atoms with Crippen molar-refractivity contribution in [1.29, 1.82) is 0 Å². The van der Waals surface area contributed by atoms with Crippen molar-refractivity contribution in [3.05, 3.63) is 29.8 Å². The minimum absolute atomic E-state index is 0.209. The summed E-state index contributed by atoms with van der Waals surface area (Å²) in [5.41, 5.74) is 0.523. The number of carbonyl (C=O) groups excluding carboxylic acids is 2. The predicted molar refractivity (Wildman–Crippen MR) is 83.1 cm³/mol. The Morgan fingerprint density at radius 3 is 2.45 bits per heavy atom. The third kappa shape index (κ3) is 3.14. The molecule has 5 nitrogen and oxygen atoms in total. The molecule has 22 heavy (non-hydrogen) atoms. The number of amides is 2. The van der Waals surface area contributed by atoms with Crippen LogP contribution >= 0.6 is 0 Å². The third-order valence-corrected chi connectivity index (χ3v) is 4.61. The van der Waals surface area contributed by atoms with Gasteiger partial charge in [-0.1, -0.05) is 12.1 Å². The van der Waals surface area contributed by atoms with Gasteiger partial charge in [-0.25, -0.2) is 0 Å². The number of rotatable bonds is 4. The predicted octanol–water partition coefficient (Wildman–Crippen LogP) is 2.05. The van der Waals surface area contributed by atoms with Gasteiger partial charge in [0.2, 0.25) is 5.91 Å². The minimum Gasteiger partial charge on any atom is -0.380 e. The van der Waals surface area contributed by atoms with E-state index >= 15 is 0 Å². The fourth-order valence-electron chi connectivity index (χ4n) is 3.22. The number of nitrogens with zero attached hydrogens (tertiary/aromatic N) is 1. The molecule has 2 N–H and O–H groups in total. The monoisotopic (exact) mass is 302 g/mol. The summed E-state index contributed by atoms with van der Waals surface area (Å²) in [6.07, 6.45) is 4.44. The molecule has 0 spiro atoms. The molecule has 118 valence electrons. The molecule has 1 heterocycles. The van der Waals surface area contributed by atoms with Gasteiger partial charge in [-0.05, 0) is 49.8 Å². The van der Waals surface area contributed by atoms with Crippen LogP contribution in [0, 0.1) is 0 Å². The summed E-state index contributed by atoms with van der Waals surface area (Å²) in [5.74, 6) is -0.103. The van der Waals surface area contributed by atoms with E-state index in [1.165, 1.54) is 0 Å². The van der Waals surface area contributed by atoms with Gasteiger partial charge in [-0.2, -0.15) is 0 Å². The van der Waals surface area contributed by atoms with Gasteiger partial charge < -0.3 is 15.3 Å². The molecule has 1 saturated heterocycles. The van der Waals surface area contributed by atoms with E-state index in [4.69, 9.17) is 0 Å². The van der Waals surface area contributed by atoms with Crippen LogP contribution in [-0.4, -0.2) is 34.0 Å². The number of carbonyl (C=O) groups is 2. The number of hydrogen-bond donors (Lipinski definition) is 2. The zero-order chi connectivity index (χ0) is 15.6. The van der Waals surface area contributed by atoms with Crippen molar-refractivity contribution in [3.8, 4) is 0 Å². The Kier molecular flexibility index (Phi) is 4.16. The molecule has 2 amide bonds. The van der Waals surface area contributed by atoms with Crippen molar-refractivity contribution in [3.63, 3.8) is 0 Å². The molecular formula is C17H22N2O3. The normalized spacial score (nSPS) is 20.4. The zero-order valence-corrected chi connectivity index (χ0v) is 12.7. The number of hydrogen-bond acceptors (Lipinski definition) is 3. The first-order chi connectivity index (χ1) is 10.6. The molecule has 1 aliphatic carbocycles. The number of likely N-dealkylation sites (tertiary alicyclic amines) is 1. The van der Waals surface area contributed by atoms with E-state index in [9.17, 15) is 14.7 Å². The van der Waals surface area contributed by atoms with Crippen LogP contribution < -0.4 is 5.32 Å². The van der Waals surface area contributed by atoms with Crippen LogP contribution in [0.1, 0.15) is 44.1 Å². The maximum absolute atomic E-state index is 12.1. The standard InChI is InChI=1S/C17H22N2O3/c20-15-4-3-11-19(15)12-13-5-7-14(8-6-13)18-16(21)17(22)9-1-2-10-17/h5-8,22H,1-4,9-12H2,(H,18,21). The fourth-order valence-corrected chi connectivity index (χ4v) is 3.22. The lowest BCUT2D eigenvalue weighted by Crippen LogP contribution is -2.40. The number of nitrogens with one attached hydrogen (secondary N) is 1. The van der Waals surface area contributed by atoms with Crippen molar-refractivity contribution in [2.24, 2.45) is 0 Å². The number of aliphatic hydroxyl groups is 1. The molecule has 2 aliphatic rings. The quantitative estimate of drug-likeness (QED) is 0.894. The molecular weight excluding hydrogens is 280 g/mol. The van der Waals surface area contributed by atoms with E-state index in [0.29, 0.717) is 31.5 Å². The Hall–Kier alpha value is -1.88. The van der Waals surface area contributed by atoms with Crippen LogP contribution in [-0.2, 0) is 16.1 Å². The first-order valence-electron chi connectivity index (χ1n) is 7.97. The summed E-state index contributed by atoms with van der Waals surface area (Å²) in [5, 5.41) is 13.0. The number of anilines is 1. The largest absolute Gasteiger partial charge is 0.380 e. The fraction of sp³-hybridized carbons (Fsp3) is 0.529. The van der Waals surface area contributed by atoms with Crippen molar-refractivity contribution in [2.75, 3.05) is 11.9 Å². The van der Waals surface area contributed by atoms with Crippen molar-refractivity contribution >= 4 is 17.5 Å². The maximum atomic E-state index is 12.1. The van der Waals surface area contributed by atoms with Gasteiger partial charge in [0.1, 0.15) is 5.60 Å². The van der Waals surface area contributed by atoms with Gasteiger partial charge >= 0.3 is 0 Å². The van der Waals surface area contributed by atoms with E-state index in [0.717, 1.165) is 31.4 Å². The van der Waals surface area contributed by atoms with Crippen molar-refractivity contribution < 1.29 is 14.7 Å². The van der Waals surface area contributed by atoms with Crippen LogP contribution in [0.25, 0.3) is 0 Å². The third-order valence-electron chi connectivity index (χ3n) is 4.61. The summed E-state index contributed by atoms with van der Waals surface area (Å²) >= 11 is 0. The summed E-state index contributed by atoms with van der Waals surface area (Å²) in [4.78, 5) is 25.6. The molecule has 5 heteroatoms. The SMILES string of the molecule is O=C1CCCN1Cc1ccc(NC(=O)C2(O)CCCC2)cc1. The Labute approximate surface area is 130 Å². The Morgan fingerprint density at radius 1 is 1.18 bits per heavy atom. The maximum Gasteiger partial charge on any atom is 0.256 e. The van der Waals surface area contributed by atoms with Crippen LogP contribution in [0.4, 0.5) is 5.69 Å². The second-order valence-corrected chi connectivity index (χ2v) is 6.31. The van der Waals surface area contributed by atoms with E-state index in [2.05, 4.69) is 5.32 Å². The lowest BCUT2D eigenvalue weighted by Gasteiger charge is -2.21. The van der Waals surface area contributed by atoms with Gasteiger partial charge in [0.25, 0.3) is 5.91 Å². The van der Waals surface area contributed by atoms with Crippen molar-refractivity contribution in [2.45, 2.75) is 50.7 Å². The smallest absolute Gasteiger partial charge is 0.256 e. The summed E-state index contributed by atoms with van der Waals surface area (Å²) < 4.78 is 0. The van der Waals surface area contributed by atoms with Gasteiger partial charge in [0.15, 0.2) is 0 Å². The minimum atomic E-state index is -1.21. The second-order valence-electron chi connectivity index (χ2n) is 6.31. The summed E-state index contributed by atoms with van der Waals surface area (Å²) in [7, 11) is 0. The molecule has 1 aliphatic heterocycles. The summed E-state index contributed by atoms with van der Waals surface area (Å²) in [6, 6.07) is 7.48. The van der Waals surface area contributed by atoms with Crippen LogP contribution in [0.3, 0.4) is 0 Å². The molecule has 0 bridgehead atoms. The molecule has 1 aromatic carbocycles. The Morgan fingerprint density at radius 2 is 1.86 bits per heavy atom. The first-order valence-corrected chi connectivity index (χ1v) is 7.97. The molecule has 0 unspecified atom stereocenters. The highest BCUT2D eigenvalue weighted by atomic mass is 16.3. The lowest BCUT2D eigenvalue weighted by atomic mass is 10.0. The molecule has 2 fully saturated rings. The molecule has 0 radical (unpaired) electrons. The highest BCUT2D eigenvalue weighted by molar-refractivity contribution is 5.97. The topological polar surface area (TPSA) is 69.6 Å². The molecule has 0 atom stereocenters. The van der Waals surface area contributed by atoms with E-state index in [1.807, 2.05) is 29.2 Å². The van der Waals surface area contributed by atoms with E-state index in [-0.39, 0.29) is 11.8 Å². The van der Waals surface area contributed by atoms with Crippen LogP contribution in [0.15, 0.2) is 24.3 Å². The molecule has 3 rings (SSSR count). The molecule has 0 aromatic heterocycles. The Balaban J connectivity index is 1.59. The average molecular weight is 302 g/mol. The van der Waals surface area contributed by atoms with Crippen molar-refractivity contribution in [1.82, 2.24) is 4.90 Å². The van der Waals surface area contributed by atoms with E-state index < -0.39 is 5.60 Å². The molecule has 1 aromatic rings. The zero-order valence-electron chi connectivity index (χ0n) is 12.7. The van der Waals surface area contributed by atoms with Gasteiger partial charge in [-0.3, -0.25) is 9.59 Å². The second kappa shape index (κ2) is 6.08. The Bertz CT molecular complexity index is 562. The van der Waals surface area contributed by atoms with Crippen LogP contribution in [0.2, 0.25) is 0 Å². The van der Waals surface area contributed by atoms with Gasteiger partial charge in [-0.15, -0.1) is 0 Å². The van der Waals surface area contributed by atoms with Gasteiger partial charge in [0.05, 0.1) is 0 Å². The van der Waals surface area contributed by atoms with E-state index in [1.54, 1.807) is 0 Å². The summed E-state index contributed by atoms with van der Waals surface area (Å²) in [6.45, 7) is 1.45. The van der Waals surface area contributed by atoms with Gasteiger partial charge in [0, 0.05) is 25.2 Å². The highest BCUT2D eigenvalue weighted by Crippen LogP contribution is 2.30.